The molecule has 0 saturated carbocycles. The summed E-state index contributed by atoms with van der Waals surface area (Å²) in [4.78, 5) is 16.9. The second-order valence-corrected chi connectivity index (χ2v) is 7.46. The molecule has 156 valence electrons. The lowest BCUT2D eigenvalue weighted by Gasteiger charge is -2.29. The number of hydrogen-bond acceptors (Lipinski definition) is 4. The van der Waals surface area contributed by atoms with Crippen molar-refractivity contribution in [2.45, 2.75) is 65.0 Å². The first-order chi connectivity index (χ1) is 13.9. The minimum absolute atomic E-state index is 0.0600. The van der Waals surface area contributed by atoms with Crippen LogP contribution in [-0.4, -0.2) is 23.0 Å². The Morgan fingerprint density at radius 3 is 2.93 bits per heavy atom. The van der Waals surface area contributed by atoms with Gasteiger partial charge in [0, 0.05) is 12.1 Å². The standard InChI is InChI=1S/C22H27F2N3O2/c1-4-6-19(21(28)27-22-25-12-20(29-22)13(3)5-2)26-16-8-7-14-9-15(23)10-18(24)17(14)11-16/h5,9-10,12,16,19,26H,4,6-8,11H2,1-3H3,(H,25,27,28)/t16?,19-/m0/s1. The minimum atomic E-state index is -0.547. The molecular weight excluding hydrogens is 376 g/mol. The SMILES string of the molecule is CC=C(C)c1cnc(NC(=O)[C@H](CCC)NC2CCc3cc(F)cc(F)c3C2)o1. The van der Waals surface area contributed by atoms with E-state index in [0.29, 0.717) is 42.6 Å². The highest BCUT2D eigenvalue weighted by atomic mass is 19.1. The second-order valence-electron chi connectivity index (χ2n) is 7.46. The summed E-state index contributed by atoms with van der Waals surface area (Å²) in [5, 5.41) is 6.07. The Bertz CT molecular complexity index is 907. The smallest absolute Gasteiger partial charge is 0.301 e. The molecule has 1 unspecified atom stereocenters. The zero-order valence-electron chi connectivity index (χ0n) is 17.0. The van der Waals surface area contributed by atoms with E-state index in [-0.39, 0.29) is 18.0 Å². The third-order valence-corrected chi connectivity index (χ3v) is 5.35. The van der Waals surface area contributed by atoms with Crippen LogP contribution in [0.1, 0.15) is 56.9 Å². The Balaban J connectivity index is 1.66. The van der Waals surface area contributed by atoms with Crippen molar-refractivity contribution in [1.82, 2.24) is 10.3 Å². The Hall–Kier alpha value is -2.54. The molecule has 7 heteroatoms. The Morgan fingerprint density at radius 2 is 2.21 bits per heavy atom. The molecule has 1 aromatic carbocycles. The van der Waals surface area contributed by atoms with Gasteiger partial charge in [-0.05, 0) is 62.3 Å². The zero-order chi connectivity index (χ0) is 21.0. The topological polar surface area (TPSA) is 67.2 Å². The number of anilines is 1. The number of carbonyl (C=O) groups is 1. The Kier molecular flexibility index (Phi) is 6.79. The number of nitrogens with zero attached hydrogens (tertiary/aromatic N) is 1. The third-order valence-electron chi connectivity index (χ3n) is 5.35. The van der Waals surface area contributed by atoms with E-state index >= 15 is 0 Å². The van der Waals surface area contributed by atoms with E-state index in [2.05, 4.69) is 15.6 Å². The number of oxazole rings is 1. The van der Waals surface area contributed by atoms with Gasteiger partial charge in [0.05, 0.1) is 12.2 Å². The van der Waals surface area contributed by atoms with Gasteiger partial charge in [0.2, 0.25) is 5.91 Å². The molecule has 0 spiro atoms. The van der Waals surface area contributed by atoms with Crippen molar-refractivity contribution in [2.75, 3.05) is 5.32 Å². The minimum Gasteiger partial charge on any atom is -0.424 e. The van der Waals surface area contributed by atoms with Crippen LogP contribution in [-0.2, 0) is 17.6 Å². The number of aromatic nitrogens is 1. The van der Waals surface area contributed by atoms with Gasteiger partial charge in [0.1, 0.15) is 11.6 Å². The first kappa shape index (κ1) is 21.2. The molecule has 0 fully saturated rings. The maximum Gasteiger partial charge on any atom is 0.301 e. The van der Waals surface area contributed by atoms with Gasteiger partial charge >= 0.3 is 6.01 Å². The Morgan fingerprint density at radius 1 is 1.41 bits per heavy atom. The fourth-order valence-corrected chi connectivity index (χ4v) is 3.64. The first-order valence-corrected chi connectivity index (χ1v) is 10.0. The van der Waals surface area contributed by atoms with E-state index in [1.54, 1.807) is 6.20 Å². The van der Waals surface area contributed by atoms with Crippen LogP contribution in [0.4, 0.5) is 14.8 Å². The van der Waals surface area contributed by atoms with Crippen molar-refractivity contribution in [2.24, 2.45) is 0 Å². The second kappa shape index (κ2) is 9.31. The number of hydrogen-bond donors (Lipinski definition) is 2. The van der Waals surface area contributed by atoms with Crippen LogP contribution in [0.25, 0.3) is 5.57 Å². The number of carbonyl (C=O) groups excluding carboxylic acids is 1. The van der Waals surface area contributed by atoms with Crippen molar-refractivity contribution in [1.29, 1.82) is 0 Å². The van der Waals surface area contributed by atoms with Crippen LogP contribution in [0.2, 0.25) is 0 Å². The largest absolute Gasteiger partial charge is 0.424 e. The Labute approximate surface area is 169 Å². The summed E-state index contributed by atoms with van der Waals surface area (Å²) in [6.45, 7) is 5.80. The van der Waals surface area contributed by atoms with Crippen LogP contribution in [0.5, 0.6) is 0 Å². The molecule has 0 saturated heterocycles. The number of amides is 1. The van der Waals surface area contributed by atoms with Crippen molar-refractivity contribution < 1.29 is 18.0 Å². The fraction of sp³-hybridized carbons (Fsp3) is 0.455. The number of allylic oxidation sites excluding steroid dienone is 2. The van der Waals surface area contributed by atoms with Crippen molar-refractivity contribution in [3.63, 3.8) is 0 Å². The highest BCUT2D eigenvalue weighted by molar-refractivity contribution is 5.93. The van der Waals surface area contributed by atoms with Crippen molar-refractivity contribution in [3.8, 4) is 0 Å². The van der Waals surface area contributed by atoms with Gasteiger partial charge in [-0.25, -0.2) is 13.8 Å². The van der Waals surface area contributed by atoms with Gasteiger partial charge in [-0.15, -0.1) is 0 Å². The van der Waals surface area contributed by atoms with Crippen LogP contribution in [0, 0.1) is 11.6 Å². The molecule has 0 bridgehead atoms. The summed E-state index contributed by atoms with van der Waals surface area (Å²) in [5.41, 5.74) is 2.18. The molecule has 1 aromatic heterocycles. The van der Waals surface area contributed by atoms with Gasteiger partial charge in [0.25, 0.3) is 0 Å². The number of fused-ring (bicyclic) bond motifs is 1. The molecule has 1 amide bonds. The highest BCUT2D eigenvalue weighted by Gasteiger charge is 2.27. The van der Waals surface area contributed by atoms with Gasteiger partial charge in [-0.3, -0.25) is 10.1 Å². The molecule has 29 heavy (non-hydrogen) atoms. The normalized spacial score (nSPS) is 17.7. The summed E-state index contributed by atoms with van der Waals surface area (Å²) >= 11 is 0. The third kappa shape index (κ3) is 5.09. The number of aryl methyl sites for hydroxylation is 1. The molecule has 2 N–H and O–H groups in total. The van der Waals surface area contributed by atoms with Gasteiger partial charge in [0.15, 0.2) is 5.76 Å². The van der Waals surface area contributed by atoms with Crippen LogP contribution < -0.4 is 10.6 Å². The van der Waals surface area contributed by atoms with Gasteiger partial charge < -0.3 is 9.73 Å². The summed E-state index contributed by atoms with van der Waals surface area (Å²) in [7, 11) is 0. The van der Waals surface area contributed by atoms with Crippen LogP contribution >= 0.6 is 0 Å². The van der Waals surface area contributed by atoms with Gasteiger partial charge in [-0.1, -0.05) is 19.4 Å². The predicted molar refractivity (Wildman–Crippen MR) is 108 cm³/mol. The van der Waals surface area contributed by atoms with Crippen molar-refractivity contribution in [3.05, 3.63) is 52.9 Å². The summed E-state index contributed by atoms with van der Waals surface area (Å²) in [5.74, 6) is -0.692. The van der Waals surface area contributed by atoms with E-state index in [1.165, 1.54) is 6.07 Å². The van der Waals surface area contributed by atoms with E-state index in [1.807, 2.05) is 26.8 Å². The number of nitrogens with one attached hydrogen (secondary N) is 2. The zero-order valence-corrected chi connectivity index (χ0v) is 17.0. The summed E-state index contributed by atoms with van der Waals surface area (Å²) in [6, 6.07) is 1.97. The number of halogens is 2. The van der Waals surface area contributed by atoms with Gasteiger partial charge in [-0.2, -0.15) is 0 Å². The first-order valence-electron chi connectivity index (χ1n) is 10.0. The van der Waals surface area contributed by atoms with E-state index < -0.39 is 17.7 Å². The molecule has 1 aliphatic carbocycles. The molecule has 3 rings (SSSR count). The molecule has 2 atom stereocenters. The molecule has 0 radical (unpaired) electrons. The predicted octanol–water partition coefficient (Wildman–Crippen LogP) is 4.63. The molecule has 0 aliphatic heterocycles. The monoisotopic (exact) mass is 403 g/mol. The number of rotatable bonds is 7. The maximum atomic E-state index is 14.2. The lowest BCUT2D eigenvalue weighted by molar-refractivity contribution is -0.118. The molecule has 5 nitrogen and oxygen atoms in total. The quantitative estimate of drug-likeness (QED) is 0.707. The lowest BCUT2D eigenvalue weighted by Crippen LogP contribution is -2.48. The van der Waals surface area contributed by atoms with E-state index in [0.717, 1.165) is 18.1 Å². The summed E-state index contributed by atoms with van der Waals surface area (Å²) in [6.07, 6.45) is 6.64. The fourth-order valence-electron chi connectivity index (χ4n) is 3.64. The van der Waals surface area contributed by atoms with Crippen LogP contribution in [0.15, 0.2) is 28.8 Å². The highest BCUT2D eigenvalue weighted by Crippen LogP contribution is 2.26. The molecule has 2 aromatic rings. The average Bonchev–Trinajstić information content (AvgIpc) is 3.15. The van der Waals surface area contributed by atoms with E-state index in [9.17, 15) is 13.6 Å². The summed E-state index contributed by atoms with van der Waals surface area (Å²) < 4.78 is 33.2. The average molecular weight is 403 g/mol. The molecule has 1 aliphatic rings. The lowest BCUT2D eigenvalue weighted by atomic mass is 9.87. The molecular formula is C22H27F2N3O2. The number of benzene rings is 1. The maximum absolute atomic E-state index is 14.2. The van der Waals surface area contributed by atoms with Crippen LogP contribution in [0.3, 0.4) is 0 Å². The molecule has 1 heterocycles. The van der Waals surface area contributed by atoms with E-state index in [4.69, 9.17) is 4.42 Å². The van der Waals surface area contributed by atoms with Crippen molar-refractivity contribution >= 4 is 17.5 Å².